The lowest BCUT2D eigenvalue weighted by molar-refractivity contribution is 0.167. The molecule has 1 aliphatic heterocycles. The molecule has 0 saturated carbocycles. The number of nitrogens with two attached hydrogens (primary N) is 1. The molecule has 0 radical (unpaired) electrons. The Kier molecular flexibility index (Phi) is 4.28. The zero-order valence-corrected chi connectivity index (χ0v) is 10.9. The van der Waals surface area contributed by atoms with Gasteiger partial charge in [-0.1, -0.05) is 6.92 Å². The second kappa shape index (κ2) is 5.93. The average molecular weight is 248 g/mol. The molecule has 0 amide bonds. The standard InChI is InChI=1S/C13H20N4O/c1-3-11-10(8-9(2)16-17-11)13(15-14)12-6-4-5-7-18-12/h6,8,13,15H,3-5,7,14H2,1-2H3. The second-order valence-corrected chi connectivity index (χ2v) is 4.44. The summed E-state index contributed by atoms with van der Waals surface area (Å²) >= 11 is 0. The Morgan fingerprint density at radius 3 is 2.94 bits per heavy atom. The van der Waals surface area contributed by atoms with Crippen molar-refractivity contribution < 1.29 is 4.74 Å². The third-order valence-corrected chi connectivity index (χ3v) is 3.09. The number of nitrogens with one attached hydrogen (secondary N) is 1. The summed E-state index contributed by atoms with van der Waals surface area (Å²) in [5.74, 6) is 6.58. The molecule has 0 saturated heterocycles. The van der Waals surface area contributed by atoms with Gasteiger partial charge in [0, 0.05) is 5.56 Å². The maximum Gasteiger partial charge on any atom is 0.115 e. The lowest BCUT2D eigenvalue weighted by Crippen LogP contribution is -2.32. The van der Waals surface area contributed by atoms with Gasteiger partial charge < -0.3 is 4.74 Å². The number of ether oxygens (including phenoxy) is 1. The monoisotopic (exact) mass is 248 g/mol. The largest absolute Gasteiger partial charge is 0.496 e. The molecule has 3 N–H and O–H groups in total. The zero-order chi connectivity index (χ0) is 13.0. The predicted molar refractivity (Wildman–Crippen MR) is 69.5 cm³/mol. The van der Waals surface area contributed by atoms with Crippen LogP contribution in [-0.4, -0.2) is 16.8 Å². The van der Waals surface area contributed by atoms with E-state index >= 15 is 0 Å². The second-order valence-electron chi connectivity index (χ2n) is 4.44. The summed E-state index contributed by atoms with van der Waals surface area (Å²) in [5, 5.41) is 8.33. The van der Waals surface area contributed by atoms with Crippen LogP contribution in [0.5, 0.6) is 0 Å². The SMILES string of the molecule is CCc1nnc(C)cc1C(NN)C1=CCCCO1. The highest BCUT2D eigenvalue weighted by atomic mass is 16.5. The molecule has 0 fully saturated rings. The van der Waals surface area contributed by atoms with E-state index in [1.54, 1.807) is 0 Å². The van der Waals surface area contributed by atoms with Gasteiger partial charge in [-0.3, -0.25) is 5.84 Å². The summed E-state index contributed by atoms with van der Waals surface area (Å²) in [6.07, 6.45) is 5.03. The number of hydrazine groups is 1. The summed E-state index contributed by atoms with van der Waals surface area (Å²) in [5.41, 5.74) is 5.73. The van der Waals surface area contributed by atoms with Gasteiger partial charge in [-0.2, -0.15) is 10.2 Å². The van der Waals surface area contributed by atoms with Crippen molar-refractivity contribution in [1.82, 2.24) is 15.6 Å². The van der Waals surface area contributed by atoms with Crippen molar-refractivity contribution in [1.29, 1.82) is 0 Å². The van der Waals surface area contributed by atoms with Gasteiger partial charge in [0.15, 0.2) is 0 Å². The molecule has 1 atom stereocenters. The Bertz CT molecular complexity index is 445. The van der Waals surface area contributed by atoms with Gasteiger partial charge in [0.2, 0.25) is 0 Å². The first-order valence-corrected chi connectivity index (χ1v) is 6.38. The van der Waals surface area contributed by atoms with Gasteiger partial charge in [0.05, 0.1) is 18.0 Å². The number of allylic oxidation sites excluding steroid dienone is 1. The minimum Gasteiger partial charge on any atom is -0.496 e. The number of hydrogen-bond acceptors (Lipinski definition) is 5. The number of aryl methyl sites for hydroxylation is 2. The highest BCUT2D eigenvalue weighted by Gasteiger charge is 2.22. The van der Waals surface area contributed by atoms with Gasteiger partial charge in [0.25, 0.3) is 0 Å². The van der Waals surface area contributed by atoms with E-state index in [0.29, 0.717) is 0 Å². The summed E-state index contributed by atoms with van der Waals surface area (Å²) in [7, 11) is 0. The first-order valence-electron chi connectivity index (χ1n) is 6.38. The summed E-state index contributed by atoms with van der Waals surface area (Å²) in [6.45, 7) is 4.75. The number of nitrogens with zero attached hydrogens (tertiary/aromatic N) is 2. The van der Waals surface area contributed by atoms with Crippen molar-refractivity contribution in [2.45, 2.75) is 39.2 Å². The summed E-state index contributed by atoms with van der Waals surface area (Å²) in [6, 6.07) is 1.89. The van der Waals surface area contributed by atoms with E-state index in [9.17, 15) is 0 Å². The van der Waals surface area contributed by atoms with Crippen LogP contribution in [0, 0.1) is 6.92 Å². The maximum absolute atomic E-state index is 5.70. The molecule has 1 unspecified atom stereocenters. The van der Waals surface area contributed by atoms with Gasteiger partial charge in [-0.15, -0.1) is 0 Å². The van der Waals surface area contributed by atoms with Crippen LogP contribution in [0.15, 0.2) is 17.9 Å². The molecule has 0 spiro atoms. The third-order valence-electron chi connectivity index (χ3n) is 3.09. The maximum atomic E-state index is 5.70. The van der Waals surface area contributed by atoms with Crippen molar-refractivity contribution in [2.75, 3.05) is 6.61 Å². The molecule has 18 heavy (non-hydrogen) atoms. The van der Waals surface area contributed by atoms with Crippen molar-refractivity contribution in [3.63, 3.8) is 0 Å². The van der Waals surface area contributed by atoms with Crippen LogP contribution in [0.3, 0.4) is 0 Å². The Morgan fingerprint density at radius 1 is 1.50 bits per heavy atom. The van der Waals surface area contributed by atoms with Crippen molar-refractivity contribution in [3.05, 3.63) is 34.9 Å². The van der Waals surface area contributed by atoms with E-state index in [2.05, 4.69) is 28.6 Å². The molecule has 1 aromatic heterocycles. The molecular weight excluding hydrogens is 228 g/mol. The van der Waals surface area contributed by atoms with E-state index < -0.39 is 0 Å². The van der Waals surface area contributed by atoms with Crippen LogP contribution >= 0.6 is 0 Å². The Hall–Kier alpha value is -1.46. The molecule has 0 aromatic carbocycles. The number of hydrogen-bond donors (Lipinski definition) is 2. The fourth-order valence-corrected chi connectivity index (χ4v) is 2.16. The van der Waals surface area contributed by atoms with Gasteiger partial charge >= 0.3 is 0 Å². The first-order chi connectivity index (χ1) is 8.76. The van der Waals surface area contributed by atoms with Crippen LogP contribution in [0.4, 0.5) is 0 Å². The molecule has 98 valence electrons. The van der Waals surface area contributed by atoms with Gasteiger partial charge in [0.1, 0.15) is 11.8 Å². The van der Waals surface area contributed by atoms with E-state index in [-0.39, 0.29) is 6.04 Å². The Morgan fingerprint density at radius 2 is 2.33 bits per heavy atom. The molecule has 0 bridgehead atoms. The number of aromatic nitrogens is 2. The lowest BCUT2D eigenvalue weighted by atomic mass is 10.0. The van der Waals surface area contributed by atoms with Gasteiger partial charge in [-0.05, 0) is 38.3 Å². The van der Waals surface area contributed by atoms with Crippen molar-refractivity contribution in [3.8, 4) is 0 Å². The predicted octanol–water partition coefficient (Wildman–Crippen LogP) is 1.55. The highest BCUT2D eigenvalue weighted by Crippen LogP contribution is 2.27. The van der Waals surface area contributed by atoms with Crippen LogP contribution in [0.25, 0.3) is 0 Å². The first kappa shape index (κ1) is 13.0. The summed E-state index contributed by atoms with van der Waals surface area (Å²) in [4.78, 5) is 0. The minimum absolute atomic E-state index is 0.130. The molecular formula is C13H20N4O. The zero-order valence-electron chi connectivity index (χ0n) is 10.9. The smallest absolute Gasteiger partial charge is 0.115 e. The molecule has 2 heterocycles. The van der Waals surface area contributed by atoms with E-state index in [1.165, 1.54) is 0 Å². The quantitative estimate of drug-likeness (QED) is 0.624. The van der Waals surface area contributed by atoms with Crippen LogP contribution in [-0.2, 0) is 11.2 Å². The molecule has 0 aliphatic carbocycles. The summed E-state index contributed by atoms with van der Waals surface area (Å²) < 4.78 is 5.70. The molecule has 1 aliphatic rings. The van der Waals surface area contributed by atoms with Crippen LogP contribution in [0.2, 0.25) is 0 Å². The Labute approximate surface area is 107 Å². The van der Waals surface area contributed by atoms with Crippen LogP contribution in [0.1, 0.15) is 42.8 Å². The van der Waals surface area contributed by atoms with E-state index in [1.807, 2.05) is 13.0 Å². The topological polar surface area (TPSA) is 73.1 Å². The third kappa shape index (κ3) is 2.68. The van der Waals surface area contributed by atoms with Gasteiger partial charge in [-0.25, -0.2) is 5.43 Å². The van der Waals surface area contributed by atoms with Crippen LogP contribution < -0.4 is 11.3 Å². The van der Waals surface area contributed by atoms with E-state index in [4.69, 9.17) is 10.6 Å². The normalized spacial score (nSPS) is 16.9. The molecule has 2 rings (SSSR count). The number of rotatable bonds is 4. The molecule has 5 nitrogen and oxygen atoms in total. The Balaban J connectivity index is 2.37. The lowest BCUT2D eigenvalue weighted by Gasteiger charge is -2.24. The molecule has 5 heteroatoms. The fraction of sp³-hybridized carbons (Fsp3) is 0.538. The van der Waals surface area contributed by atoms with E-state index in [0.717, 1.165) is 48.6 Å². The highest BCUT2D eigenvalue weighted by molar-refractivity contribution is 5.30. The van der Waals surface area contributed by atoms with Crippen molar-refractivity contribution >= 4 is 0 Å². The minimum atomic E-state index is -0.130. The molecule has 1 aromatic rings. The van der Waals surface area contributed by atoms with Crippen molar-refractivity contribution in [2.24, 2.45) is 5.84 Å². The fourth-order valence-electron chi connectivity index (χ4n) is 2.16. The average Bonchev–Trinajstić information content (AvgIpc) is 2.41.